The van der Waals surface area contributed by atoms with E-state index in [2.05, 4.69) is 34.2 Å². The largest absolute Gasteiger partial charge is 0.379 e. The lowest BCUT2D eigenvalue weighted by atomic mass is 9.83. The average Bonchev–Trinajstić information content (AvgIpc) is 2.32. The van der Waals surface area contributed by atoms with Gasteiger partial charge in [-0.25, -0.2) is 0 Å². The third-order valence-corrected chi connectivity index (χ3v) is 3.99. The Kier molecular flexibility index (Phi) is 3.73. The normalized spacial score (nSPS) is 18.4. The topological polar surface area (TPSA) is 35.8 Å². The molecule has 1 aromatic rings. The third-order valence-electron chi connectivity index (χ3n) is 3.50. The molecule has 0 aromatic heterocycles. The molecule has 17 heavy (non-hydrogen) atoms. The van der Waals surface area contributed by atoms with Crippen LogP contribution < -0.4 is 5.32 Å². The highest BCUT2D eigenvalue weighted by Gasteiger charge is 2.26. The van der Waals surface area contributed by atoms with Crippen molar-refractivity contribution in [3.63, 3.8) is 0 Å². The van der Waals surface area contributed by atoms with Crippen LogP contribution in [-0.2, 0) is 0 Å². The predicted molar refractivity (Wildman–Crippen MR) is 74.0 cm³/mol. The van der Waals surface area contributed by atoms with Gasteiger partial charge < -0.3 is 5.32 Å². The number of rotatable bonds is 2. The fraction of sp³-hybridized carbons (Fsp3) is 0.500. The lowest BCUT2D eigenvalue weighted by Crippen LogP contribution is -2.37. The maximum Gasteiger partial charge on any atom is 0.101 e. The lowest BCUT2D eigenvalue weighted by molar-refractivity contribution is 0.349. The Balaban J connectivity index is 2.20. The van der Waals surface area contributed by atoms with Gasteiger partial charge in [-0.3, -0.25) is 0 Å². The molecule has 0 amide bonds. The van der Waals surface area contributed by atoms with Crippen molar-refractivity contribution in [2.45, 2.75) is 44.6 Å². The quantitative estimate of drug-likeness (QED) is 0.874. The van der Waals surface area contributed by atoms with Crippen LogP contribution in [0.1, 0.15) is 44.6 Å². The predicted octanol–water partition coefficient (Wildman–Crippen LogP) is 4.46. The van der Waals surface area contributed by atoms with Gasteiger partial charge in [-0.1, -0.05) is 35.2 Å². The van der Waals surface area contributed by atoms with Gasteiger partial charge in [0, 0.05) is 10.0 Å². The molecular formula is C14H17BrN2. The number of nitriles is 1. The van der Waals surface area contributed by atoms with E-state index in [4.69, 9.17) is 5.26 Å². The maximum atomic E-state index is 9.15. The van der Waals surface area contributed by atoms with Crippen molar-refractivity contribution in [1.29, 1.82) is 5.26 Å². The minimum absolute atomic E-state index is 0.150. The zero-order valence-corrected chi connectivity index (χ0v) is 11.7. The Bertz CT molecular complexity index is 442. The van der Waals surface area contributed by atoms with E-state index in [0.29, 0.717) is 5.56 Å². The van der Waals surface area contributed by atoms with Crippen LogP contribution in [0, 0.1) is 11.3 Å². The second-order valence-electron chi connectivity index (χ2n) is 5.05. The molecule has 2 rings (SSSR count). The van der Waals surface area contributed by atoms with Gasteiger partial charge in [-0.2, -0.15) is 5.26 Å². The van der Waals surface area contributed by atoms with Gasteiger partial charge in [0.2, 0.25) is 0 Å². The molecule has 0 heterocycles. The summed E-state index contributed by atoms with van der Waals surface area (Å²) < 4.78 is 0.952. The Morgan fingerprint density at radius 3 is 2.65 bits per heavy atom. The molecule has 0 aliphatic heterocycles. The number of benzene rings is 1. The summed E-state index contributed by atoms with van der Waals surface area (Å²) in [6.45, 7) is 2.26. The van der Waals surface area contributed by atoms with Gasteiger partial charge in [0.25, 0.3) is 0 Å². The van der Waals surface area contributed by atoms with Crippen LogP contribution in [0.25, 0.3) is 0 Å². The second kappa shape index (κ2) is 5.10. The molecule has 0 bridgehead atoms. The fourth-order valence-electron chi connectivity index (χ4n) is 2.50. The summed E-state index contributed by atoms with van der Waals surface area (Å²) in [5.74, 6) is 0. The standard InChI is InChI=1S/C14H17BrN2/c1-14(7-3-2-4-8-14)17-13-6-5-12(15)9-11(13)10-16/h5-6,9,17H,2-4,7-8H2,1H3. The fourth-order valence-corrected chi connectivity index (χ4v) is 2.86. The van der Waals surface area contributed by atoms with Gasteiger partial charge >= 0.3 is 0 Å². The van der Waals surface area contributed by atoms with Crippen molar-refractivity contribution < 1.29 is 0 Å². The molecule has 1 saturated carbocycles. The van der Waals surface area contributed by atoms with E-state index in [1.807, 2.05) is 18.2 Å². The number of hydrogen-bond donors (Lipinski definition) is 1. The first-order valence-corrected chi connectivity index (χ1v) is 6.90. The molecule has 90 valence electrons. The maximum absolute atomic E-state index is 9.15. The average molecular weight is 293 g/mol. The van der Waals surface area contributed by atoms with Crippen LogP contribution in [0.3, 0.4) is 0 Å². The number of nitrogens with one attached hydrogen (secondary N) is 1. The lowest BCUT2D eigenvalue weighted by Gasteiger charge is -2.35. The Hall–Kier alpha value is -1.01. The van der Waals surface area contributed by atoms with Gasteiger partial charge in [0.05, 0.1) is 11.3 Å². The molecule has 0 spiro atoms. The van der Waals surface area contributed by atoms with E-state index in [-0.39, 0.29) is 5.54 Å². The second-order valence-corrected chi connectivity index (χ2v) is 5.96. The van der Waals surface area contributed by atoms with E-state index in [0.717, 1.165) is 10.2 Å². The van der Waals surface area contributed by atoms with Crippen molar-refractivity contribution in [2.24, 2.45) is 0 Å². The summed E-state index contributed by atoms with van der Waals surface area (Å²) in [5.41, 5.74) is 1.82. The van der Waals surface area contributed by atoms with Crippen molar-refractivity contribution >= 4 is 21.6 Å². The molecule has 0 unspecified atom stereocenters. The van der Waals surface area contributed by atoms with Crippen molar-refractivity contribution in [3.05, 3.63) is 28.2 Å². The zero-order valence-electron chi connectivity index (χ0n) is 10.1. The summed E-state index contributed by atoms with van der Waals surface area (Å²) in [6.07, 6.45) is 6.27. The summed E-state index contributed by atoms with van der Waals surface area (Å²) >= 11 is 3.40. The number of nitrogens with zero attached hydrogens (tertiary/aromatic N) is 1. The summed E-state index contributed by atoms with van der Waals surface area (Å²) in [6, 6.07) is 8.09. The highest BCUT2D eigenvalue weighted by atomic mass is 79.9. The van der Waals surface area contributed by atoms with E-state index in [1.165, 1.54) is 32.1 Å². The number of anilines is 1. The minimum Gasteiger partial charge on any atom is -0.379 e. The molecule has 2 nitrogen and oxygen atoms in total. The number of hydrogen-bond acceptors (Lipinski definition) is 2. The Morgan fingerprint density at radius 2 is 2.00 bits per heavy atom. The molecule has 0 saturated heterocycles. The van der Waals surface area contributed by atoms with Gasteiger partial charge in [0.1, 0.15) is 6.07 Å². The zero-order chi connectivity index (χ0) is 12.3. The van der Waals surface area contributed by atoms with Crippen molar-refractivity contribution in [1.82, 2.24) is 0 Å². The van der Waals surface area contributed by atoms with Crippen LogP contribution in [0.4, 0.5) is 5.69 Å². The SMILES string of the molecule is CC1(Nc2ccc(Br)cc2C#N)CCCCC1. The van der Waals surface area contributed by atoms with Crippen LogP contribution >= 0.6 is 15.9 Å². The van der Waals surface area contributed by atoms with Crippen molar-refractivity contribution in [2.75, 3.05) is 5.32 Å². The van der Waals surface area contributed by atoms with E-state index in [1.54, 1.807) is 0 Å². The van der Waals surface area contributed by atoms with Crippen LogP contribution in [-0.4, -0.2) is 5.54 Å². The third kappa shape index (κ3) is 3.01. The number of halogens is 1. The van der Waals surface area contributed by atoms with Crippen LogP contribution in [0.15, 0.2) is 22.7 Å². The Morgan fingerprint density at radius 1 is 1.29 bits per heavy atom. The van der Waals surface area contributed by atoms with Crippen LogP contribution in [0.2, 0.25) is 0 Å². The molecule has 1 aliphatic carbocycles. The monoisotopic (exact) mass is 292 g/mol. The molecular weight excluding hydrogens is 276 g/mol. The highest BCUT2D eigenvalue weighted by Crippen LogP contribution is 2.32. The summed E-state index contributed by atoms with van der Waals surface area (Å²) in [7, 11) is 0. The molecule has 1 N–H and O–H groups in total. The summed E-state index contributed by atoms with van der Waals surface area (Å²) in [4.78, 5) is 0. The molecule has 0 radical (unpaired) electrons. The van der Waals surface area contributed by atoms with E-state index >= 15 is 0 Å². The van der Waals surface area contributed by atoms with Crippen molar-refractivity contribution in [3.8, 4) is 6.07 Å². The summed E-state index contributed by atoms with van der Waals surface area (Å²) in [5, 5.41) is 12.7. The first-order chi connectivity index (χ1) is 8.13. The first kappa shape index (κ1) is 12.4. The highest BCUT2D eigenvalue weighted by molar-refractivity contribution is 9.10. The van der Waals surface area contributed by atoms with E-state index < -0.39 is 0 Å². The molecule has 1 aliphatic rings. The van der Waals surface area contributed by atoms with Gasteiger partial charge in [0.15, 0.2) is 0 Å². The molecule has 3 heteroatoms. The van der Waals surface area contributed by atoms with Gasteiger partial charge in [-0.15, -0.1) is 0 Å². The first-order valence-electron chi connectivity index (χ1n) is 6.11. The van der Waals surface area contributed by atoms with Gasteiger partial charge in [-0.05, 0) is 38.0 Å². The Labute approximate surface area is 111 Å². The van der Waals surface area contributed by atoms with Crippen LogP contribution in [0.5, 0.6) is 0 Å². The smallest absolute Gasteiger partial charge is 0.101 e. The molecule has 0 atom stereocenters. The molecule has 1 fully saturated rings. The molecule has 1 aromatic carbocycles. The minimum atomic E-state index is 0.150. The van der Waals surface area contributed by atoms with E-state index in [9.17, 15) is 0 Å².